The quantitative estimate of drug-likeness (QED) is 0.842. The number of hydrogen-bond acceptors (Lipinski definition) is 2. The monoisotopic (exact) mass is 296 g/mol. The minimum Gasteiger partial charge on any atom is -0.376 e. The summed E-state index contributed by atoms with van der Waals surface area (Å²) in [4.78, 5) is 11.9. The Hall–Kier alpha value is -1.22. The van der Waals surface area contributed by atoms with Crippen molar-refractivity contribution in [1.29, 1.82) is 0 Å². The van der Waals surface area contributed by atoms with Gasteiger partial charge < -0.3 is 10.6 Å². The summed E-state index contributed by atoms with van der Waals surface area (Å²) in [6, 6.07) is 9.83. The van der Waals surface area contributed by atoms with Gasteiger partial charge in [0.1, 0.15) is 0 Å². The van der Waals surface area contributed by atoms with E-state index < -0.39 is 0 Å². The Bertz CT molecular complexity index is 402. The molecule has 0 bridgehead atoms. The van der Waals surface area contributed by atoms with E-state index in [-0.39, 0.29) is 18.3 Å². The van der Waals surface area contributed by atoms with E-state index in [0.29, 0.717) is 12.0 Å². The Morgan fingerprint density at radius 1 is 1.20 bits per heavy atom. The second kappa shape index (κ2) is 8.15. The number of amides is 1. The lowest BCUT2D eigenvalue weighted by molar-refractivity contribution is -0.119. The van der Waals surface area contributed by atoms with Crippen molar-refractivity contribution in [1.82, 2.24) is 5.32 Å². The van der Waals surface area contributed by atoms with Crippen LogP contribution >= 0.6 is 12.4 Å². The van der Waals surface area contributed by atoms with Gasteiger partial charge in [0, 0.05) is 12.2 Å². The number of rotatable bonds is 6. The van der Waals surface area contributed by atoms with Crippen molar-refractivity contribution in [3.05, 3.63) is 30.3 Å². The first-order valence-electron chi connectivity index (χ1n) is 7.30. The van der Waals surface area contributed by atoms with E-state index in [1.54, 1.807) is 0 Å². The highest BCUT2D eigenvalue weighted by Gasteiger charge is 2.31. The molecule has 0 saturated heterocycles. The molecule has 0 aliphatic heterocycles. The molecule has 3 nitrogen and oxygen atoms in total. The number of nitrogens with one attached hydrogen (secondary N) is 2. The first-order chi connectivity index (χ1) is 9.24. The van der Waals surface area contributed by atoms with Crippen LogP contribution in [0.3, 0.4) is 0 Å². The highest BCUT2D eigenvalue weighted by atomic mass is 35.5. The lowest BCUT2D eigenvalue weighted by Crippen LogP contribution is -2.38. The maximum absolute atomic E-state index is 11.9. The first-order valence-corrected chi connectivity index (χ1v) is 7.30. The zero-order valence-electron chi connectivity index (χ0n) is 12.2. The fraction of sp³-hybridized carbons (Fsp3) is 0.562. The molecule has 2 N–H and O–H groups in total. The van der Waals surface area contributed by atoms with E-state index in [1.807, 2.05) is 30.3 Å². The third-order valence-corrected chi connectivity index (χ3v) is 4.30. The first kappa shape index (κ1) is 16.8. The normalized spacial score (nSPS) is 16.2. The van der Waals surface area contributed by atoms with Crippen LogP contribution < -0.4 is 10.6 Å². The van der Waals surface area contributed by atoms with Gasteiger partial charge in [-0.15, -0.1) is 12.4 Å². The molecule has 1 fully saturated rings. The summed E-state index contributed by atoms with van der Waals surface area (Å²) in [5, 5.41) is 6.22. The van der Waals surface area contributed by atoms with E-state index in [9.17, 15) is 4.79 Å². The molecule has 2 rings (SSSR count). The van der Waals surface area contributed by atoms with Crippen LogP contribution in [-0.2, 0) is 4.79 Å². The number of anilines is 1. The largest absolute Gasteiger partial charge is 0.376 e. The van der Waals surface area contributed by atoms with E-state index in [0.717, 1.165) is 12.2 Å². The summed E-state index contributed by atoms with van der Waals surface area (Å²) in [7, 11) is 0. The number of halogens is 1. The lowest BCUT2D eigenvalue weighted by atomic mass is 9.83. The van der Waals surface area contributed by atoms with Crippen LogP contribution in [0.5, 0.6) is 0 Å². The number of para-hydroxylation sites is 1. The Morgan fingerprint density at radius 3 is 2.45 bits per heavy atom. The number of benzene rings is 1. The summed E-state index contributed by atoms with van der Waals surface area (Å²) >= 11 is 0. The number of carbonyl (C=O) groups is 1. The summed E-state index contributed by atoms with van der Waals surface area (Å²) in [6.45, 7) is 3.42. The topological polar surface area (TPSA) is 41.1 Å². The molecule has 4 heteroatoms. The minimum absolute atomic E-state index is 0. The van der Waals surface area contributed by atoms with Gasteiger partial charge in [0.15, 0.2) is 0 Å². The maximum atomic E-state index is 11.9. The number of carbonyl (C=O) groups excluding carboxylic acids is 1. The minimum atomic E-state index is 0. The van der Waals surface area contributed by atoms with Crippen LogP contribution in [0.15, 0.2) is 30.3 Å². The van der Waals surface area contributed by atoms with Crippen molar-refractivity contribution in [2.24, 2.45) is 5.41 Å². The van der Waals surface area contributed by atoms with Crippen molar-refractivity contribution in [3.8, 4) is 0 Å². The summed E-state index contributed by atoms with van der Waals surface area (Å²) in [5.74, 6) is 0.0866. The lowest BCUT2D eigenvalue weighted by Gasteiger charge is -2.27. The van der Waals surface area contributed by atoms with Crippen LogP contribution in [0.2, 0.25) is 0 Å². The molecule has 112 valence electrons. The molecule has 1 aromatic rings. The van der Waals surface area contributed by atoms with Crippen molar-refractivity contribution in [3.63, 3.8) is 0 Å². The fourth-order valence-corrected chi connectivity index (χ4v) is 2.87. The second-order valence-electron chi connectivity index (χ2n) is 5.56. The zero-order chi connectivity index (χ0) is 13.6. The van der Waals surface area contributed by atoms with Crippen molar-refractivity contribution < 1.29 is 4.79 Å². The number of hydrogen-bond donors (Lipinski definition) is 2. The molecule has 1 aliphatic carbocycles. The summed E-state index contributed by atoms with van der Waals surface area (Å²) < 4.78 is 0. The predicted molar refractivity (Wildman–Crippen MR) is 86.4 cm³/mol. The highest BCUT2D eigenvalue weighted by Crippen LogP contribution is 2.40. The van der Waals surface area contributed by atoms with Gasteiger partial charge in [-0.25, -0.2) is 0 Å². The smallest absolute Gasteiger partial charge is 0.239 e. The molecular formula is C16H25ClN2O. The van der Waals surface area contributed by atoms with Crippen LogP contribution in [0.4, 0.5) is 5.69 Å². The Balaban J connectivity index is 0.00000200. The van der Waals surface area contributed by atoms with E-state index in [2.05, 4.69) is 17.6 Å². The van der Waals surface area contributed by atoms with Gasteiger partial charge in [0.25, 0.3) is 0 Å². The molecular weight excluding hydrogens is 272 g/mol. The average Bonchev–Trinajstić information content (AvgIpc) is 2.93. The molecule has 0 atom stereocenters. The van der Waals surface area contributed by atoms with Gasteiger partial charge in [-0.2, -0.15) is 0 Å². The molecule has 0 unspecified atom stereocenters. The molecule has 1 aromatic carbocycles. The summed E-state index contributed by atoms with van der Waals surface area (Å²) in [5.41, 5.74) is 1.35. The third-order valence-electron chi connectivity index (χ3n) is 4.30. The Morgan fingerprint density at radius 2 is 1.85 bits per heavy atom. The fourth-order valence-electron chi connectivity index (χ4n) is 2.87. The average molecular weight is 297 g/mol. The molecule has 0 radical (unpaired) electrons. The Labute approximate surface area is 127 Å². The maximum Gasteiger partial charge on any atom is 0.239 e. The SMILES string of the molecule is CCC1(CNC(=O)CNc2ccccc2)CCCC1.Cl. The van der Waals surface area contributed by atoms with Gasteiger partial charge >= 0.3 is 0 Å². The van der Waals surface area contributed by atoms with E-state index in [1.165, 1.54) is 32.1 Å². The van der Waals surface area contributed by atoms with Crippen LogP contribution in [0.25, 0.3) is 0 Å². The van der Waals surface area contributed by atoms with Crippen molar-refractivity contribution >= 4 is 24.0 Å². The molecule has 1 aliphatic rings. The van der Waals surface area contributed by atoms with Gasteiger partial charge in [0.05, 0.1) is 6.54 Å². The highest BCUT2D eigenvalue weighted by molar-refractivity contribution is 5.85. The predicted octanol–water partition coefficient (Wildman–Crippen LogP) is 3.61. The van der Waals surface area contributed by atoms with Gasteiger partial charge in [0.2, 0.25) is 5.91 Å². The van der Waals surface area contributed by atoms with Crippen LogP contribution in [0.1, 0.15) is 39.0 Å². The van der Waals surface area contributed by atoms with Crippen molar-refractivity contribution in [2.45, 2.75) is 39.0 Å². The standard InChI is InChI=1S/C16H24N2O.ClH/c1-2-16(10-6-7-11-16)13-18-15(19)12-17-14-8-4-3-5-9-14;/h3-5,8-9,17H,2,6-7,10-13H2,1H3,(H,18,19);1H. The molecule has 20 heavy (non-hydrogen) atoms. The third kappa shape index (κ3) is 4.71. The molecule has 0 aromatic heterocycles. The van der Waals surface area contributed by atoms with E-state index in [4.69, 9.17) is 0 Å². The van der Waals surface area contributed by atoms with Gasteiger partial charge in [-0.05, 0) is 36.8 Å². The summed E-state index contributed by atoms with van der Waals surface area (Å²) in [6.07, 6.45) is 6.31. The van der Waals surface area contributed by atoms with Crippen LogP contribution in [0, 0.1) is 5.41 Å². The van der Waals surface area contributed by atoms with E-state index >= 15 is 0 Å². The second-order valence-corrected chi connectivity index (χ2v) is 5.56. The molecule has 1 saturated carbocycles. The molecule has 1 amide bonds. The van der Waals surface area contributed by atoms with Crippen LogP contribution in [-0.4, -0.2) is 19.0 Å². The molecule has 0 heterocycles. The van der Waals surface area contributed by atoms with Crippen molar-refractivity contribution in [2.75, 3.05) is 18.4 Å². The Kier molecular flexibility index (Phi) is 6.86. The van der Waals surface area contributed by atoms with Gasteiger partial charge in [-0.3, -0.25) is 4.79 Å². The zero-order valence-corrected chi connectivity index (χ0v) is 13.0. The molecule has 0 spiro atoms. The van der Waals surface area contributed by atoms with Gasteiger partial charge in [-0.1, -0.05) is 38.0 Å².